The third kappa shape index (κ3) is 2.66. The Bertz CT molecular complexity index is 413. The minimum absolute atomic E-state index is 0.244. The molecule has 0 atom stereocenters. The van der Waals surface area contributed by atoms with Gasteiger partial charge in [-0.2, -0.15) is 0 Å². The molecule has 1 aromatic rings. The fourth-order valence-electron chi connectivity index (χ4n) is 2.45. The summed E-state index contributed by atoms with van der Waals surface area (Å²) in [5.41, 5.74) is 2.12. The molecule has 18 heavy (non-hydrogen) atoms. The van der Waals surface area contributed by atoms with Crippen LogP contribution in [-0.2, 0) is 4.79 Å². The summed E-state index contributed by atoms with van der Waals surface area (Å²) in [6.45, 7) is 5.22. The summed E-state index contributed by atoms with van der Waals surface area (Å²) < 4.78 is 0. The molecule has 1 saturated heterocycles. The van der Waals surface area contributed by atoms with Crippen molar-refractivity contribution in [3.63, 3.8) is 0 Å². The Kier molecular flexibility index (Phi) is 4.24. The number of nitrogens with zero attached hydrogens (tertiary/aromatic N) is 1. The van der Waals surface area contributed by atoms with Gasteiger partial charge in [-0.1, -0.05) is 26.0 Å². The van der Waals surface area contributed by atoms with Crippen molar-refractivity contribution in [2.24, 2.45) is 0 Å². The third-order valence-corrected chi connectivity index (χ3v) is 3.61. The molecular formula is C15H22N2O. The average Bonchev–Trinajstić information content (AvgIpc) is 2.82. The van der Waals surface area contributed by atoms with Gasteiger partial charge in [0.15, 0.2) is 0 Å². The zero-order chi connectivity index (χ0) is 13.0. The second-order valence-corrected chi connectivity index (χ2v) is 4.82. The van der Waals surface area contributed by atoms with E-state index in [1.54, 1.807) is 0 Å². The molecule has 1 aliphatic rings. The van der Waals surface area contributed by atoms with Gasteiger partial charge < -0.3 is 10.2 Å². The smallest absolute Gasteiger partial charge is 0.227 e. The molecule has 1 heterocycles. The number of hydrogen-bond donors (Lipinski definition) is 1. The first-order valence-electron chi connectivity index (χ1n) is 6.92. The van der Waals surface area contributed by atoms with Gasteiger partial charge in [-0.3, -0.25) is 4.79 Å². The predicted octanol–water partition coefficient (Wildman–Crippen LogP) is 3.41. The van der Waals surface area contributed by atoms with Gasteiger partial charge in [-0.25, -0.2) is 0 Å². The van der Waals surface area contributed by atoms with Crippen LogP contribution in [0.25, 0.3) is 0 Å². The van der Waals surface area contributed by atoms with Crippen LogP contribution in [0.15, 0.2) is 24.3 Å². The van der Waals surface area contributed by atoms with Crippen molar-refractivity contribution < 1.29 is 4.79 Å². The van der Waals surface area contributed by atoms with E-state index in [1.165, 1.54) is 0 Å². The number of carbonyl (C=O) groups excluding carboxylic acids is 1. The van der Waals surface area contributed by atoms with E-state index in [4.69, 9.17) is 0 Å². The Hall–Kier alpha value is -1.51. The van der Waals surface area contributed by atoms with Crippen LogP contribution >= 0.6 is 0 Å². The molecule has 0 aromatic heterocycles. The van der Waals surface area contributed by atoms with E-state index in [0.29, 0.717) is 12.5 Å². The van der Waals surface area contributed by atoms with E-state index in [2.05, 4.69) is 25.2 Å². The van der Waals surface area contributed by atoms with Gasteiger partial charge in [0.2, 0.25) is 5.91 Å². The molecule has 0 aliphatic carbocycles. The van der Waals surface area contributed by atoms with E-state index < -0.39 is 0 Å². The van der Waals surface area contributed by atoms with E-state index in [9.17, 15) is 4.79 Å². The largest absolute Gasteiger partial charge is 0.381 e. The van der Waals surface area contributed by atoms with Crippen molar-refractivity contribution in [2.75, 3.05) is 16.8 Å². The quantitative estimate of drug-likeness (QED) is 0.863. The van der Waals surface area contributed by atoms with Crippen LogP contribution in [0, 0.1) is 0 Å². The predicted molar refractivity (Wildman–Crippen MR) is 76.0 cm³/mol. The Morgan fingerprint density at radius 3 is 2.61 bits per heavy atom. The highest BCUT2D eigenvalue weighted by Crippen LogP contribution is 2.30. The topological polar surface area (TPSA) is 32.3 Å². The SMILES string of the molecule is CCC(CC)Nc1ccccc1N1CCCC1=O. The molecule has 98 valence electrons. The molecule has 1 fully saturated rings. The van der Waals surface area contributed by atoms with Crippen molar-refractivity contribution in [3.05, 3.63) is 24.3 Å². The van der Waals surface area contributed by atoms with E-state index >= 15 is 0 Å². The Morgan fingerprint density at radius 1 is 1.28 bits per heavy atom. The maximum Gasteiger partial charge on any atom is 0.227 e. The fraction of sp³-hybridized carbons (Fsp3) is 0.533. The normalized spacial score (nSPS) is 15.5. The second-order valence-electron chi connectivity index (χ2n) is 4.82. The molecule has 3 heteroatoms. The maximum atomic E-state index is 11.8. The van der Waals surface area contributed by atoms with Crippen LogP contribution in [0.3, 0.4) is 0 Å². The van der Waals surface area contributed by atoms with Gasteiger partial charge in [0.25, 0.3) is 0 Å². The van der Waals surface area contributed by atoms with Gasteiger partial charge >= 0.3 is 0 Å². The monoisotopic (exact) mass is 246 g/mol. The molecule has 0 saturated carbocycles. The van der Waals surface area contributed by atoms with Crippen molar-refractivity contribution >= 4 is 17.3 Å². The van der Waals surface area contributed by atoms with Crippen LogP contribution in [0.5, 0.6) is 0 Å². The Labute approximate surface area is 109 Å². The van der Waals surface area contributed by atoms with Gasteiger partial charge in [0.1, 0.15) is 0 Å². The lowest BCUT2D eigenvalue weighted by Gasteiger charge is -2.23. The summed E-state index contributed by atoms with van der Waals surface area (Å²) in [6.07, 6.45) is 3.84. The summed E-state index contributed by atoms with van der Waals surface area (Å²) in [4.78, 5) is 13.8. The first kappa shape index (κ1) is 12.9. The summed E-state index contributed by atoms with van der Waals surface area (Å²) in [5.74, 6) is 0.244. The van der Waals surface area contributed by atoms with Crippen molar-refractivity contribution in [1.82, 2.24) is 0 Å². The Balaban J connectivity index is 2.22. The van der Waals surface area contributed by atoms with Gasteiger partial charge in [-0.05, 0) is 31.4 Å². The van der Waals surface area contributed by atoms with Crippen LogP contribution in [0.2, 0.25) is 0 Å². The van der Waals surface area contributed by atoms with Gasteiger partial charge in [0, 0.05) is 19.0 Å². The summed E-state index contributed by atoms with van der Waals surface area (Å²) in [5, 5.41) is 3.55. The summed E-state index contributed by atoms with van der Waals surface area (Å²) in [6, 6.07) is 8.60. The van der Waals surface area contributed by atoms with Crippen molar-refractivity contribution in [1.29, 1.82) is 0 Å². The highest BCUT2D eigenvalue weighted by molar-refractivity contribution is 5.98. The molecule has 0 bridgehead atoms. The number of para-hydroxylation sites is 2. The number of benzene rings is 1. The highest BCUT2D eigenvalue weighted by atomic mass is 16.2. The van der Waals surface area contributed by atoms with Crippen molar-refractivity contribution in [2.45, 2.75) is 45.6 Å². The van der Waals surface area contributed by atoms with Crippen LogP contribution in [0.1, 0.15) is 39.5 Å². The lowest BCUT2D eigenvalue weighted by atomic mass is 10.1. The fourth-order valence-corrected chi connectivity index (χ4v) is 2.45. The lowest BCUT2D eigenvalue weighted by molar-refractivity contribution is -0.117. The standard InChI is InChI=1S/C15H22N2O/c1-3-12(4-2)16-13-8-5-6-9-14(13)17-11-7-10-15(17)18/h5-6,8-9,12,16H,3-4,7,10-11H2,1-2H3. The number of carbonyl (C=O) groups is 1. The molecule has 1 amide bonds. The average molecular weight is 246 g/mol. The molecule has 1 aliphatic heterocycles. The van der Waals surface area contributed by atoms with E-state index in [-0.39, 0.29) is 5.91 Å². The van der Waals surface area contributed by atoms with E-state index in [1.807, 2.05) is 23.1 Å². The van der Waals surface area contributed by atoms with Crippen LogP contribution in [-0.4, -0.2) is 18.5 Å². The molecule has 1 N–H and O–H groups in total. The highest BCUT2D eigenvalue weighted by Gasteiger charge is 2.23. The maximum absolute atomic E-state index is 11.8. The molecule has 1 aromatic carbocycles. The number of hydrogen-bond acceptors (Lipinski definition) is 2. The van der Waals surface area contributed by atoms with Crippen molar-refractivity contribution in [3.8, 4) is 0 Å². The number of rotatable bonds is 5. The van der Waals surface area contributed by atoms with Gasteiger partial charge in [-0.15, -0.1) is 0 Å². The summed E-state index contributed by atoms with van der Waals surface area (Å²) in [7, 11) is 0. The molecule has 3 nitrogen and oxygen atoms in total. The third-order valence-electron chi connectivity index (χ3n) is 3.61. The molecule has 0 radical (unpaired) electrons. The minimum atomic E-state index is 0.244. The number of nitrogens with one attached hydrogen (secondary N) is 1. The first-order valence-corrected chi connectivity index (χ1v) is 6.92. The summed E-state index contributed by atoms with van der Waals surface area (Å²) >= 11 is 0. The van der Waals surface area contributed by atoms with Crippen LogP contribution < -0.4 is 10.2 Å². The Morgan fingerprint density at radius 2 is 2.00 bits per heavy atom. The van der Waals surface area contributed by atoms with Crippen LogP contribution in [0.4, 0.5) is 11.4 Å². The molecule has 0 spiro atoms. The molecule has 2 rings (SSSR count). The first-order chi connectivity index (χ1) is 8.76. The lowest BCUT2D eigenvalue weighted by Crippen LogP contribution is -2.26. The minimum Gasteiger partial charge on any atom is -0.381 e. The zero-order valence-corrected chi connectivity index (χ0v) is 11.3. The molecular weight excluding hydrogens is 224 g/mol. The number of anilines is 2. The van der Waals surface area contributed by atoms with Gasteiger partial charge in [0.05, 0.1) is 11.4 Å². The zero-order valence-electron chi connectivity index (χ0n) is 11.3. The second kappa shape index (κ2) is 5.89. The van der Waals surface area contributed by atoms with E-state index in [0.717, 1.165) is 37.2 Å². The number of amides is 1. The molecule has 0 unspecified atom stereocenters.